The quantitative estimate of drug-likeness (QED) is 0.306. The first-order valence-electron chi connectivity index (χ1n) is 7.04. The van der Waals surface area contributed by atoms with E-state index in [2.05, 4.69) is 20.5 Å². The highest BCUT2D eigenvalue weighted by atomic mass is 127. The molecule has 0 aliphatic carbocycles. The number of halogens is 1. The Morgan fingerprint density at radius 1 is 1.45 bits per heavy atom. The first-order valence-corrected chi connectivity index (χ1v) is 7.04. The summed E-state index contributed by atoms with van der Waals surface area (Å²) in [4.78, 5) is 4.30. The number of hydrogen-bond donors (Lipinski definition) is 2. The van der Waals surface area contributed by atoms with E-state index in [-0.39, 0.29) is 30.0 Å². The van der Waals surface area contributed by atoms with Gasteiger partial charge in [0.25, 0.3) is 0 Å². The highest BCUT2D eigenvalue weighted by molar-refractivity contribution is 14.0. The predicted octanol–water partition coefficient (Wildman–Crippen LogP) is 1.22. The maximum absolute atomic E-state index is 5.81. The van der Waals surface area contributed by atoms with Crippen molar-refractivity contribution in [3.8, 4) is 0 Å². The molecule has 0 amide bonds. The average molecular weight is 418 g/mol. The lowest BCUT2D eigenvalue weighted by molar-refractivity contribution is 0.179. The van der Waals surface area contributed by atoms with Crippen molar-refractivity contribution in [3.05, 3.63) is 30.2 Å². The number of guanidine groups is 1. The highest BCUT2D eigenvalue weighted by Gasteiger charge is 2.04. The molecular formula is C14H23IN6O. The average Bonchev–Trinajstić information content (AvgIpc) is 2.87. The van der Waals surface area contributed by atoms with Crippen LogP contribution in [-0.4, -0.2) is 46.9 Å². The fourth-order valence-electron chi connectivity index (χ4n) is 2.09. The van der Waals surface area contributed by atoms with Gasteiger partial charge in [-0.2, -0.15) is 0 Å². The van der Waals surface area contributed by atoms with Crippen LogP contribution in [-0.2, 0) is 11.2 Å². The number of methoxy groups -OCH3 is 1. The molecule has 0 fully saturated rings. The normalized spacial score (nSPS) is 12.9. The number of hydrogen-bond acceptors (Lipinski definition) is 4. The number of aromatic nitrogens is 3. The van der Waals surface area contributed by atoms with Gasteiger partial charge in [-0.3, -0.25) is 9.39 Å². The Kier molecular flexibility index (Phi) is 8.10. The largest absolute Gasteiger partial charge is 0.383 e. The van der Waals surface area contributed by atoms with E-state index < -0.39 is 0 Å². The van der Waals surface area contributed by atoms with Crippen molar-refractivity contribution in [2.24, 2.45) is 10.7 Å². The molecule has 2 aromatic rings. The Balaban J connectivity index is 0.00000242. The monoisotopic (exact) mass is 418 g/mol. The van der Waals surface area contributed by atoms with Gasteiger partial charge in [-0.1, -0.05) is 6.07 Å². The van der Waals surface area contributed by atoms with Gasteiger partial charge in [0.15, 0.2) is 11.6 Å². The molecule has 0 bridgehead atoms. The van der Waals surface area contributed by atoms with Crippen molar-refractivity contribution in [2.75, 3.05) is 20.3 Å². The number of fused-ring (bicyclic) bond motifs is 1. The summed E-state index contributed by atoms with van der Waals surface area (Å²) >= 11 is 0. The molecule has 0 aromatic carbocycles. The van der Waals surface area contributed by atoms with Crippen molar-refractivity contribution in [2.45, 2.75) is 25.8 Å². The fourth-order valence-corrected chi connectivity index (χ4v) is 2.09. The fraction of sp³-hybridized carbons (Fsp3) is 0.500. The topological polar surface area (TPSA) is 89.8 Å². The van der Waals surface area contributed by atoms with E-state index in [0.717, 1.165) is 24.3 Å². The summed E-state index contributed by atoms with van der Waals surface area (Å²) in [5, 5.41) is 11.4. The zero-order valence-corrected chi connectivity index (χ0v) is 15.2. The summed E-state index contributed by atoms with van der Waals surface area (Å²) < 4.78 is 7.02. The first-order chi connectivity index (χ1) is 10.2. The van der Waals surface area contributed by atoms with Gasteiger partial charge >= 0.3 is 0 Å². The number of rotatable bonds is 7. The van der Waals surface area contributed by atoms with E-state index in [1.807, 2.05) is 35.7 Å². The number of nitrogens with two attached hydrogens (primary N) is 1. The molecule has 22 heavy (non-hydrogen) atoms. The third kappa shape index (κ3) is 5.41. The number of nitrogens with zero attached hydrogens (tertiary/aromatic N) is 4. The zero-order chi connectivity index (χ0) is 15.1. The van der Waals surface area contributed by atoms with Gasteiger partial charge in [-0.05, 0) is 25.5 Å². The number of ether oxygens (including phenoxy) is 1. The molecule has 3 N–H and O–H groups in total. The van der Waals surface area contributed by atoms with E-state index in [9.17, 15) is 0 Å². The van der Waals surface area contributed by atoms with Crippen molar-refractivity contribution in [1.29, 1.82) is 0 Å². The van der Waals surface area contributed by atoms with E-state index in [0.29, 0.717) is 19.1 Å². The van der Waals surface area contributed by atoms with Crippen LogP contribution < -0.4 is 11.1 Å². The lowest BCUT2D eigenvalue weighted by Gasteiger charge is -2.12. The van der Waals surface area contributed by atoms with E-state index >= 15 is 0 Å². The lowest BCUT2D eigenvalue weighted by Crippen LogP contribution is -2.40. The van der Waals surface area contributed by atoms with Crippen molar-refractivity contribution >= 4 is 35.6 Å². The van der Waals surface area contributed by atoms with Gasteiger partial charge in [0.05, 0.1) is 6.61 Å². The van der Waals surface area contributed by atoms with Gasteiger partial charge in [0.1, 0.15) is 5.82 Å². The Morgan fingerprint density at radius 2 is 2.27 bits per heavy atom. The maximum Gasteiger partial charge on any atom is 0.188 e. The summed E-state index contributed by atoms with van der Waals surface area (Å²) in [7, 11) is 1.66. The van der Waals surface area contributed by atoms with E-state index in [1.54, 1.807) is 7.11 Å². The number of pyridine rings is 1. The Bertz CT molecular complexity index is 600. The SMILES string of the molecule is COCC(C)NC(N)=NCCCc1nnc2ccccn12.I. The predicted molar refractivity (Wildman–Crippen MR) is 97.7 cm³/mol. The number of nitrogens with one attached hydrogen (secondary N) is 1. The molecule has 0 aliphatic heterocycles. The third-order valence-corrected chi connectivity index (χ3v) is 3.04. The van der Waals surface area contributed by atoms with Crippen LogP contribution in [0.1, 0.15) is 19.2 Å². The summed E-state index contributed by atoms with van der Waals surface area (Å²) in [5.41, 5.74) is 6.67. The van der Waals surface area contributed by atoms with Crippen molar-refractivity contribution < 1.29 is 4.74 Å². The summed E-state index contributed by atoms with van der Waals surface area (Å²) in [5.74, 6) is 1.39. The van der Waals surface area contributed by atoms with Gasteiger partial charge in [-0.25, -0.2) is 0 Å². The summed E-state index contributed by atoms with van der Waals surface area (Å²) in [6, 6.07) is 6.01. The molecule has 7 nitrogen and oxygen atoms in total. The standard InChI is InChI=1S/C14H22N6O.HI/c1-11(10-21-2)17-14(15)16-8-5-7-13-19-18-12-6-3-4-9-20(12)13;/h3-4,6,9,11H,5,7-8,10H2,1-2H3,(H3,15,16,17);1H. The Hall–Kier alpha value is -1.42. The minimum absolute atomic E-state index is 0. The van der Waals surface area contributed by atoms with Crippen molar-refractivity contribution in [1.82, 2.24) is 19.9 Å². The van der Waals surface area contributed by atoms with Gasteiger partial charge in [-0.15, -0.1) is 34.2 Å². The first kappa shape index (κ1) is 18.6. The van der Waals surface area contributed by atoms with Crippen LogP contribution in [0.3, 0.4) is 0 Å². The molecule has 0 radical (unpaired) electrons. The van der Waals surface area contributed by atoms with E-state index in [1.165, 1.54) is 0 Å². The van der Waals surface area contributed by atoms with Gasteiger partial charge in [0.2, 0.25) is 0 Å². The summed E-state index contributed by atoms with van der Waals surface area (Å²) in [6.07, 6.45) is 3.66. The molecule has 0 saturated carbocycles. The molecule has 122 valence electrons. The molecule has 0 saturated heterocycles. The van der Waals surface area contributed by atoms with Crippen LogP contribution in [0.4, 0.5) is 0 Å². The third-order valence-electron chi connectivity index (χ3n) is 3.04. The van der Waals surface area contributed by atoms with E-state index in [4.69, 9.17) is 10.5 Å². The van der Waals surface area contributed by atoms with Crippen LogP contribution in [0, 0.1) is 0 Å². The molecule has 8 heteroatoms. The molecule has 0 aliphatic rings. The van der Waals surface area contributed by atoms with Crippen molar-refractivity contribution in [3.63, 3.8) is 0 Å². The summed E-state index contributed by atoms with van der Waals surface area (Å²) in [6.45, 7) is 3.25. The van der Waals surface area contributed by atoms with Crippen LogP contribution in [0.5, 0.6) is 0 Å². The smallest absolute Gasteiger partial charge is 0.188 e. The molecular weight excluding hydrogens is 395 g/mol. The Labute approximate surface area is 147 Å². The molecule has 0 spiro atoms. The second kappa shape index (κ2) is 9.57. The van der Waals surface area contributed by atoms with Crippen LogP contribution in [0.15, 0.2) is 29.4 Å². The minimum atomic E-state index is 0. The van der Waals surface area contributed by atoms with Crippen LogP contribution in [0.25, 0.3) is 5.65 Å². The van der Waals surface area contributed by atoms with Crippen LogP contribution >= 0.6 is 24.0 Å². The molecule has 1 unspecified atom stereocenters. The second-order valence-electron chi connectivity index (χ2n) is 4.92. The number of aryl methyl sites for hydroxylation is 1. The van der Waals surface area contributed by atoms with Gasteiger partial charge < -0.3 is 15.8 Å². The highest BCUT2D eigenvalue weighted by Crippen LogP contribution is 2.04. The lowest BCUT2D eigenvalue weighted by atomic mass is 10.3. The number of aliphatic imine (C=N–C) groups is 1. The second-order valence-corrected chi connectivity index (χ2v) is 4.92. The van der Waals surface area contributed by atoms with Gasteiger partial charge in [0, 0.05) is 32.3 Å². The molecule has 2 aromatic heterocycles. The maximum atomic E-state index is 5.81. The minimum Gasteiger partial charge on any atom is -0.383 e. The molecule has 2 heterocycles. The molecule has 1 atom stereocenters. The zero-order valence-electron chi connectivity index (χ0n) is 12.9. The molecule has 2 rings (SSSR count). The Morgan fingerprint density at radius 3 is 3.05 bits per heavy atom. The van der Waals surface area contributed by atoms with Crippen LogP contribution in [0.2, 0.25) is 0 Å².